The maximum atomic E-state index is 12.2. The van der Waals surface area contributed by atoms with Crippen LogP contribution in [0, 0.1) is 5.41 Å². The molecule has 0 bridgehead atoms. The molecule has 1 aliphatic carbocycles. The molecular weight excluding hydrogens is 330 g/mol. The van der Waals surface area contributed by atoms with Gasteiger partial charge in [0.15, 0.2) is 11.5 Å². The zero-order valence-corrected chi connectivity index (χ0v) is 14.5. The number of aliphatic imine (C=N–C) groups is 1. The van der Waals surface area contributed by atoms with Gasteiger partial charge in [0.05, 0.1) is 11.9 Å². The third kappa shape index (κ3) is 3.43. The molecule has 2 aromatic heterocycles. The van der Waals surface area contributed by atoms with Gasteiger partial charge in [-0.3, -0.25) is 9.69 Å². The Morgan fingerprint density at radius 3 is 2.88 bits per heavy atom. The maximum absolute atomic E-state index is 12.2. The van der Waals surface area contributed by atoms with Crippen molar-refractivity contribution in [2.24, 2.45) is 4.99 Å². The summed E-state index contributed by atoms with van der Waals surface area (Å²) in [6.45, 7) is 3.64. The van der Waals surface area contributed by atoms with Crippen LogP contribution in [0.4, 0.5) is 5.69 Å². The van der Waals surface area contributed by atoms with Crippen LogP contribution in [0.25, 0.3) is 5.52 Å². The minimum absolute atomic E-state index is 0.0830. The molecule has 1 N–H and O–H groups in total. The summed E-state index contributed by atoms with van der Waals surface area (Å²) in [7, 11) is 0. The van der Waals surface area contributed by atoms with Gasteiger partial charge in [-0.15, -0.1) is 5.10 Å². The first-order chi connectivity index (χ1) is 12.7. The van der Waals surface area contributed by atoms with Gasteiger partial charge in [-0.2, -0.15) is 0 Å². The number of carbonyl (C=O) groups is 1. The lowest BCUT2D eigenvalue weighted by atomic mass is 10.0. The highest BCUT2D eigenvalue weighted by atomic mass is 16.5. The molecule has 0 amide bonds. The predicted octanol–water partition coefficient (Wildman–Crippen LogP) is 2.43. The second-order valence-corrected chi connectivity index (χ2v) is 6.54. The van der Waals surface area contributed by atoms with Crippen LogP contribution >= 0.6 is 0 Å². The molecule has 1 fully saturated rings. The minimum atomic E-state index is -0.157. The number of fused-ring (bicyclic) bond motifs is 1. The monoisotopic (exact) mass is 351 g/mol. The Hall–Kier alpha value is -2.80. The second-order valence-electron chi connectivity index (χ2n) is 6.54. The average Bonchev–Trinajstić information content (AvgIpc) is 3.26. The number of nitrogens with one attached hydrogen (secondary N) is 1. The van der Waals surface area contributed by atoms with Crippen LogP contribution in [0.15, 0.2) is 41.5 Å². The van der Waals surface area contributed by atoms with Gasteiger partial charge in [-0.25, -0.2) is 9.51 Å². The Labute approximate surface area is 151 Å². The Balaban J connectivity index is 1.62. The molecule has 1 aliphatic heterocycles. The van der Waals surface area contributed by atoms with Gasteiger partial charge < -0.3 is 10.1 Å². The summed E-state index contributed by atoms with van der Waals surface area (Å²) in [6.07, 6.45) is 7.61. The number of nitrogens with zero attached hydrogens (tertiary/aromatic N) is 4. The average molecular weight is 351 g/mol. The molecule has 26 heavy (non-hydrogen) atoms. The largest absolute Gasteiger partial charge is 0.474 e. The number of ether oxygens (including phenoxy) is 1. The highest BCUT2D eigenvalue weighted by Gasteiger charge is 2.20. The smallest absolute Gasteiger partial charge is 0.260 e. The fraction of sp³-hybridized carbons (Fsp3) is 0.368. The fourth-order valence-corrected chi connectivity index (χ4v) is 3.26. The van der Waals surface area contributed by atoms with Crippen LogP contribution < -0.4 is 4.74 Å². The number of hydrogen-bond donors (Lipinski definition) is 1. The minimum Gasteiger partial charge on any atom is -0.474 e. The van der Waals surface area contributed by atoms with Crippen molar-refractivity contribution >= 4 is 28.4 Å². The van der Waals surface area contributed by atoms with Crippen LogP contribution in [-0.4, -0.2) is 58.0 Å². The van der Waals surface area contributed by atoms with Crippen molar-refractivity contribution in [3.05, 3.63) is 36.5 Å². The van der Waals surface area contributed by atoms with E-state index in [1.165, 1.54) is 12.8 Å². The number of carbonyl (C=O) groups excluding carboxylic acids is 1. The topological polar surface area (TPSA) is 83.1 Å². The Morgan fingerprint density at radius 1 is 1.23 bits per heavy atom. The van der Waals surface area contributed by atoms with Crippen LogP contribution in [0.2, 0.25) is 0 Å². The molecule has 4 rings (SSSR count). The van der Waals surface area contributed by atoms with Crippen LogP contribution in [0.3, 0.4) is 0 Å². The maximum Gasteiger partial charge on any atom is 0.260 e. The molecule has 7 nitrogen and oxygen atoms in total. The van der Waals surface area contributed by atoms with Crippen molar-refractivity contribution in [2.45, 2.75) is 19.3 Å². The number of allylic oxidation sites excluding steroid dienone is 2. The molecule has 0 radical (unpaired) electrons. The van der Waals surface area contributed by atoms with E-state index in [0.29, 0.717) is 29.6 Å². The van der Waals surface area contributed by atoms with Crippen LogP contribution in [0.5, 0.6) is 5.88 Å². The molecule has 7 heteroatoms. The number of likely N-dealkylation sites (tertiary alicyclic amines) is 1. The molecule has 0 spiro atoms. The van der Waals surface area contributed by atoms with Gasteiger partial charge >= 0.3 is 0 Å². The summed E-state index contributed by atoms with van der Waals surface area (Å²) in [5.41, 5.74) is 1.99. The SMILES string of the molecule is N=C1C=CC(=Nc2c(OCCN3CCCC3)nn3ccccc23)C(=O)C1. The van der Waals surface area contributed by atoms with Gasteiger partial charge in [0.2, 0.25) is 0 Å². The second kappa shape index (κ2) is 7.21. The summed E-state index contributed by atoms with van der Waals surface area (Å²) < 4.78 is 7.64. The lowest BCUT2D eigenvalue weighted by Gasteiger charge is -2.14. The van der Waals surface area contributed by atoms with E-state index in [1.54, 1.807) is 16.7 Å². The van der Waals surface area contributed by atoms with E-state index in [4.69, 9.17) is 10.1 Å². The molecule has 3 heterocycles. The van der Waals surface area contributed by atoms with E-state index < -0.39 is 0 Å². The molecule has 0 unspecified atom stereocenters. The molecule has 0 saturated carbocycles. The summed E-state index contributed by atoms with van der Waals surface area (Å²) in [5.74, 6) is 0.278. The van der Waals surface area contributed by atoms with Gasteiger partial charge in [0.1, 0.15) is 12.3 Å². The third-order valence-electron chi connectivity index (χ3n) is 4.64. The van der Waals surface area contributed by atoms with Gasteiger partial charge in [0, 0.05) is 18.5 Å². The molecule has 1 saturated heterocycles. The first kappa shape index (κ1) is 16.7. The number of hydrogen-bond acceptors (Lipinski definition) is 6. The number of Topliss-reactive ketones (excluding diaryl/α,β-unsaturated/α-hetero) is 1. The molecule has 2 aromatic rings. The van der Waals surface area contributed by atoms with E-state index >= 15 is 0 Å². The van der Waals surface area contributed by atoms with Crippen LogP contribution in [0.1, 0.15) is 19.3 Å². The lowest BCUT2D eigenvalue weighted by Crippen LogP contribution is -2.25. The fourth-order valence-electron chi connectivity index (χ4n) is 3.26. The van der Waals surface area contributed by atoms with Crippen molar-refractivity contribution in [3.63, 3.8) is 0 Å². The third-order valence-corrected chi connectivity index (χ3v) is 4.64. The summed E-state index contributed by atoms with van der Waals surface area (Å²) in [6, 6.07) is 5.69. The Kier molecular flexibility index (Phi) is 4.62. The number of rotatable bonds is 5. The highest BCUT2D eigenvalue weighted by Crippen LogP contribution is 2.32. The van der Waals surface area contributed by atoms with Gasteiger partial charge in [0.25, 0.3) is 5.88 Å². The standard InChI is InChI=1S/C19H21N5O2/c20-14-6-7-15(17(25)13-14)21-18-16-5-1-2-10-24(16)22-19(18)26-12-11-23-8-3-4-9-23/h1-2,5-7,10,20H,3-4,8-9,11-13H2. The van der Waals surface area contributed by atoms with Crippen LogP contribution in [-0.2, 0) is 4.79 Å². The predicted molar refractivity (Wildman–Crippen MR) is 99.9 cm³/mol. The first-order valence-corrected chi connectivity index (χ1v) is 8.90. The van der Waals surface area contributed by atoms with Gasteiger partial charge in [-0.05, 0) is 50.2 Å². The van der Waals surface area contributed by atoms with E-state index in [1.807, 2.05) is 24.4 Å². The lowest BCUT2D eigenvalue weighted by molar-refractivity contribution is -0.111. The molecule has 134 valence electrons. The molecular formula is C19H21N5O2. The summed E-state index contributed by atoms with van der Waals surface area (Å²) in [4.78, 5) is 19.1. The highest BCUT2D eigenvalue weighted by molar-refractivity contribution is 6.50. The van der Waals surface area contributed by atoms with E-state index in [2.05, 4.69) is 15.0 Å². The normalized spacial score (nSPS) is 19.8. The first-order valence-electron chi connectivity index (χ1n) is 8.90. The van der Waals surface area contributed by atoms with Crippen molar-refractivity contribution in [3.8, 4) is 5.88 Å². The van der Waals surface area contributed by atoms with Crippen molar-refractivity contribution < 1.29 is 9.53 Å². The molecule has 2 aliphatic rings. The van der Waals surface area contributed by atoms with E-state index in [9.17, 15) is 4.79 Å². The Morgan fingerprint density at radius 2 is 2.08 bits per heavy atom. The summed E-state index contributed by atoms with van der Waals surface area (Å²) >= 11 is 0. The quantitative estimate of drug-likeness (QED) is 0.897. The van der Waals surface area contributed by atoms with Crippen molar-refractivity contribution in [2.75, 3.05) is 26.2 Å². The molecule has 0 aromatic carbocycles. The summed E-state index contributed by atoms with van der Waals surface area (Å²) in [5, 5.41) is 12.1. The zero-order valence-electron chi connectivity index (χ0n) is 14.5. The van der Waals surface area contributed by atoms with E-state index in [-0.39, 0.29) is 12.2 Å². The van der Waals surface area contributed by atoms with E-state index in [0.717, 1.165) is 25.2 Å². The number of ketones is 1. The number of pyridine rings is 1. The Bertz CT molecular complexity index is 906. The van der Waals surface area contributed by atoms with Crippen molar-refractivity contribution in [1.29, 1.82) is 5.41 Å². The molecule has 0 atom stereocenters. The zero-order chi connectivity index (χ0) is 17.9. The van der Waals surface area contributed by atoms with Crippen molar-refractivity contribution in [1.82, 2.24) is 14.5 Å². The van der Waals surface area contributed by atoms with Gasteiger partial charge in [-0.1, -0.05) is 6.07 Å². The number of aromatic nitrogens is 2.